The zero-order chi connectivity index (χ0) is 20.0. The zero-order valence-corrected chi connectivity index (χ0v) is 18.8. The van der Waals surface area contributed by atoms with Crippen molar-refractivity contribution in [1.82, 2.24) is 0 Å². The number of hydrogen-bond donors (Lipinski definition) is 1. The molecule has 3 saturated carbocycles. The molecule has 1 N–H and O–H groups in total. The number of carboxylic acids is 1. The van der Waals surface area contributed by atoms with Crippen LogP contribution in [-0.2, 0) is 4.79 Å². The molecule has 0 atom stereocenters. The summed E-state index contributed by atoms with van der Waals surface area (Å²) in [5, 5.41) is 10.0. The molecule has 3 fully saturated rings. The highest BCUT2D eigenvalue weighted by atomic mass is 16.4. The molecule has 0 unspecified atom stereocenters. The Hall–Kier alpha value is -0.530. The van der Waals surface area contributed by atoms with Crippen LogP contribution in [0.4, 0.5) is 0 Å². The van der Waals surface area contributed by atoms with E-state index in [1.165, 1.54) is 83.5 Å². The molecule has 0 heterocycles. The summed E-state index contributed by atoms with van der Waals surface area (Å²) < 4.78 is 0. The number of rotatable bonds is 8. The Balaban J connectivity index is 1.68. The molecular formula is C26H46O2. The van der Waals surface area contributed by atoms with Crippen LogP contribution < -0.4 is 0 Å². The average Bonchev–Trinajstić information content (AvgIpc) is 2.74. The van der Waals surface area contributed by atoms with Gasteiger partial charge in [0.25, 0.3) is 0 Å². The summed E-state index contributed by atoms with van der Waals surface area (Å²) in [5.74, 6) is 2.22. The summed E-state index contributed by atoms with van der Waals surface area (Å²) in [5.41, 5.74) is 0.159. The molecule has 3 aliphatic carbocycles. The summed E-state index contributed by atoms with van der Waals surface area (Å²) >= 11 is 0. The summed E-state index contributed by atoms with van der Waals surface area (Å²) in [7, 11) is 0. The van der Waals surface area contributed by atoms with Gasteiger partial charge >= 0.3 is 5.97 Å². The van der Waals surface area contributed by atoms with Crippen LogP contribution in [0.2, 0.25) is 0 Å². The highest BCUT2D eigenvalue weighted by Crippen LogP contribution is 2.59. The van der Waals surface area contributed by atoms with E-state index in [4.69, 9.17) is 0 Å². The lowest BCUT2D eigenvalue weighted by molar-refractivity contribution is -0.154. The molecule has 0 aromatic rings. The molecule has 2 heteroatoms. The van der Waals surface area contributed by atoms with Crippen molar-refractivity contribution >= 4 is 5.97 Å². The predicted molar refractivity (Wildman–Crippen MR) is 117 cm³/mol. The van der Waals surface area contributed by atoms with Crippen molar-refractivity contribution in [2.45, 2.75) is 129 Å². The first kappa shape index (κ1) is 22.2. The van der Waals surface area contributed by atoms with E-state index in [0.29, 0.717) is 5.41 Å². The van der Waals surface area contributed by atoms with Crippen molar-refractivity contribution in [3.05, 3.63) is 0 Å². The monoisotopic (exact) mass is 390 g/mol. The third-order valence-corrected chi connectivity index (χ3v) is 9.36. The fraction of sp³-hybridized carbons (Fsp3) is 0.962. The van der Waals surface area contributed by atoms with Crippen LogP contribution in [0.25, 0.3) is 0 Å². The first-order valence-corrected chi connectivity index (χ1v) is 12.8. The molecule has 0 aliphatic heterocycles. The second-order valence-electron chi connectivity index (χ2n) is 10.8. The van der Waals surface area contributed by atoms with Crippen LogP contribution in [0.1, 0.15) is 129 Å². The fourth-order valence-corrected chi connectivity index (χ4v) is 7.63. The van der Waals surface area contributed by atoms with Crippen molar-refractivity contribution in [3.8, 4) is 0 Å². The van der Waals surface area contributed by atoms with Gasteiger partial charge in [-0.3, -0.25) is 4.79 Å². The lowest BCUT2D eigenvalue weighted by Crippen LogP contribution is -2.45. The van der Waals surface area contributed by atoms with Gasteiger partial charge in [0.15, 0.2) is 0 Å². The van der Waals surface area contributed by atoms with Gasteiger partial charge in [-0.1, -0.05) is 71.6 Å². The number of aliphatic carboxylic acids is 1. The van der Waals surface area contributed by atoms with Crippen molar-refractivity contribution in [1.29, 1.82) is 0 Å². The fourth-order valence-electron chi connectivity index (χ4n) is 7.63. The van der Waals surface area contributed by atoms with E-state index in [1.54, 1.807) is 0 Å². The molecular weight excluding hydrogens is 344 g/mol. The molecule has 0 aromatic heterocycles. The third kappa shape index (κ3) is 4.62. The van der Waals surface area contributed by atoms with E-state index in [-0.39, 0.29) is 0 Å². The van der Waals surface area contributed by atoms with Crippen molar-refractivity contribution in [2.24, 2.45) is 28.6 Å². The zero-order valence-electron chi connectivity index (χ0n) is 18.8. The summed E-state index contributed by atoms with van der Waals surface area (Å²) in [6, 6.07) is 0. The first-order valence-electron chi connectivity index (χ1n) is 12.8. The van der Waals surface area contributed by atoms with Gasteiger partial charge in [-0.25, -0.2) is 0 Å². The van der Waals surface area contributed by atoms with Gasteiger partial charge in [0.05, 0.1) is 5.41 Å². The Bertz CT molecular complexity index is 475. The Morgan fingerprint density at radius 2 is 1.43 bits per heavy atom. The lowest BCUT2D eigenvalue weighted by atomic mass is 9.51. The SMILES string of the molecule is CCCCC1(C(=O)O)CCC(C2(C3CCC(CCC)CC3)CCCCC2)CC1. The number of hydrogen-bond acceptors (Lipinski definition) is 1. The van der Waals surface area contributed by atoms with Crippen LogP contribution >= 0.6 is 0 Å². The van der Waals surface area contributed by atoms with Crippen LogP contribution in [0.15, 0.2) is 0 Å². The largest absolute Gasteiger partial charge is 0.481 e. The van der Waals surface area contributed by atoms with Gasteiger partial charge in [-0.15, -0.1) is 0 Å². The molecule has 0 bridgehead atoms. The van der Waals surface area contributed by atoms with Gasteiger partial charge in [0.2, 0.25) is 0 Å². The molecule has 0 spiro atoms. The molecule has 3 rings (SSSR count). The quantitative estimate of drug-likeness (QED) is 0.456. The van der Waals surface area contributed by atoms with E-state index < -0.39 is 11.4 Å². The van der Waals surface area contributed by atoms with Gasteiger partial charge < -0.3 is 5.11 Å². The Kier molecular flexibility index (Phi) is 7.90. The van der Waals surface area contributed by atoms with Crippen molar-refractivity contribution < 1.29 is 9.90 Å². The van der Waals surface area contributed by atoms with Crippen LogP contribution in [0.5, 0.6) is 0 Å². The van der Waals surface area contributed by atoms with Crippen molar-refractivity contribution in [2.75, 3.05) is 0 Å². The predicted octanol–water partition coefficient (Wildman–Crippen LogP) is 7.99. The van der Waals surface area contributed by atoms with Crippen LogP contribution in [0, 0.1) is 28.6 Å². The molecule has 2 nitrogen and oxygen atoms in total. The highest BCUT2D eigenvalue weighted by Gasteiger charge is 2.50. The molecule has 3 aliphatic rings. The molecule has 28 heavy (non-hydrogen) atoms. The van der Waals surface area contributed by atoms with Crippen molar-refractivity contribution in [3.63, 3.8) is 0 Å². The van der Waals surface area contributed by atoms with E-state index in [1.807, 2.05) is 0 Å². The topological polar surface area (TPSA) is 37.3 Å². The summed E-state index contributed by atoms with van der Waals surface area (Å²) in [6.45, 7) is 4.52. The maximum Gasteiger partial charge on any atom is 0.309 e. The Morgan fingerprint density at radius 1 is 0.821 bits per heavy atom. The highest BCUT2D eigenvalue weighted by molar-refractivity contribution is 5.74. The molecule has 162 valence electrons. The van der Waals surface area contributed by atoms with Gasteiger partial charge in [-0.05, 0) is 81.0 Å². The second-order valence-corrected chi connectivity index (χ2v) is 10.8. The number of carbonyl (C=O) groups is 1. The minimum Gasteiger partial charge on any atom is -0.481 e. The van der Waals surface area contributed by atoms with E-state index in [0.717, 1.165) is 49.9 Å². The minimum absolute atomic E-state index is 0.402. The standard InChI is InChI=1S/C26H46O2/c1-3-5-16-25(24(27)28)19-14-23(15-20-25)26(17-7-6-8-18-26)22-12-10-21(9-4-2)11-13-22/h21-23H,3-20H2,1-2H3,(H,27,28). The third-order valence-electron chi connectivity index (χ3n) is 9.36. The maximum absolute atomic E-state index is 12.1. The molecule has 0 saturated heterocycles. The summed E-state index contributed by atoms with van der Waals surface area (Å²) in [4.78, 5) is 12.1. The normalized spacial score (nSPS) is 36.1. The lowest BCUT2D eigenvalue weighted by Gasteiger charge is -2.54. The minimum atomic E-state index is -0.503. The van der Waals surface area contributed by atoms with Crippen LogP contribution in [0.3, 0.4) is 0 Å². The van der Waals surface area contributed by atoms with Gasteiger partial charge in [0.1, 0.15) is 0 Å². The molecule has 0 amide bonds. The Labute approximate surface area is 174 Å². The molecule has 0 aromatic carbocycles. The maximum atomic E-state index is 12.1. The van der Waals surface area contributed by atoms with E-state index >= 15 is 0 Å². The summed E-state index contributed by atoms with van der Waals surface area (Å²) in [6.07, 6.45) is 23.1. The molecule has 0 radical (unpaired) electrons. The van der Waals surface area contributed by atoms with Crippen LogP contribution in [-0.4, -0.2) is 11.1 Å². The number of carboxylic acid groups (broad SMARTS) is 1. The first-order chi connectivity index (χ1) is 13.6. The van der Waals surface area contributed by atoms with E-state index in [2.05, 4.69) is 13.8 Å². The van der Waals surface area contributed by atoms with E-state index in [9.17, 15) is 9.90 Å². The number of unbranched alkanes of at least 4 members (excludes halogenated alkanes) is 1. The smallest absolute Gasteiger partial charge is 0.309 e. The average molecular weight is 391 g/mol. The van der Waals surface area contributed by atoms with Gasteiger partial charge in [0, 0.05) is 0 Å². The Morgan fingerprint density at radius 3 is 1.96 bits per heavy atom. The second kappa shape index (κ2) is 9.98. The van der Waals surface area contributed by atoms with Gasteiger partial charge in [-0.2, -0.15) is 0 Å².